The number of phosphoric ester groups is 1. The lowest BCUT2D eigenvalue weighted by Crippen LogP contribution is -2.28. The van der Waals surface area contributed by atoms with E-state index in [0.717, 1.165) is 83.5 Å². The molecule has 0 aliphatic heterocycles. The van der Waals surface area contributed by atoms with Gasteiger partial charge in [-0.25, -0.2) is 4.57 Å². The summed E-state index contributed by atoms with van der Waals surface area (Å²) in [6, 6.07) is 0. The number of carbonyl (C=O) groups excluding carboxylic acids is 1. The minimum absolute atomic E-state index is 0.0945. The van der Waals surface area contributed by atoms with Crippen LogP contribution in [0.25, 0.3) is 0 Å². The number of phosphoric acid groups is 1. The van der Waals surface area contributed by atoms with Crippen LogP contribution >= 0.6 is 7.82 Å². The summed E-state index contributed by atoms with van der Waals surface area (Å²) in [6.45, 7) is 4.77. The fourth-order valence-electron chi connectivity index (χ4n) is 6.67. The first-order valence-corrected chi connectivity index (χ1v) is 25.8. The molecule has 0 aromatic heterocycles. The molecule has 0 amide bonds. The van der Waals surface area contributed by atoms with Gasteiger partial charge in [0.1, 0.15) is 6.10 Å². The molecule has 2 unspecified atom stereocenters. The van der Waals surface area contributed by atoms with Gasteiger partial charge in [0.05, 0.1) is 19.8 Å². The lowest BCUT2D eigenvalue weighted by molar-refractivity contribution is -0.154. The highest BCUT2D eigenvalue weighted by Crippen LogP contribution is 2.43. The van der Waals surface area contributed by atoms with Crippen LogP contribution in [-0.2, 0) is 27.9 Å². The maximum atomic E-state index is 12.6. The molecule has 344 valence electrons. The average Bonchev–Trinajstić information content (AvgIpc) is 3.23. The average molecular weight is 850 g/mol. The fourth-order valence-corrected chi connectivity index (χ4v) is 7.44. The molecule has 0 saturated carbocycles. The summed E-state index contributed by atoms with van der Waals surface area (Å²) < 4.78 is 33.5. The van der Waals surface area contributed by atoms with Crippen molar-refractivity contribution >= 4 is 13.8 Å². The number of carbonyl (C=O) groups is 1. The molecule has 0 aliphatic rings. The van der Waals surface area contributed by atoms with Gasteiger partial charge in [0.15, 0.2) is 0 Å². The molecule has 0 saturated heterocycles. The van der Waals surface area contributed by atoms with E-state index in [1.54, 1.807) is 0 Å². The van der Waals surface area contributed by atoms with Gasteiger partial charge >= 0.3 is 13.8 Å². The van der Waals surface area contributed by atoms with Crippen molar-refractivity contribution in [1.29, 1.82) is 0 Å². The van der Waals surface area contributed by atoms with E-state index in [-0.39, 0.29) is 32.3 Å². The number of unbranched alkanes of at least 4 members (excludes halogenated alkanes) is 23. The zero-order chi connectivity index (χ0) is 43.0. The fraction of sp³-hybridized carbons (Fsp3) is 0.780. The van der Waals surface area contributed by atoms with Gasteiger partial charge in [-0.3, -0.25) is 13.8 Å². The number of rotatable bonds is 46. The third-order valence-electron chi connectivity index (χ3n) is 10.2. The van der Waals surface area contributed by atoms with Crippen LogP contribution in [0.1, 0.15) is 213 Å². The summed E-state index contributed by atoms with van der Waals surface area (Å²) in [5.74, 6) is -0.338. The molecule has 8 nitrogen and oxygen atoms in total. The van der Waals surface area contributed by atoms with E-state index >= 15 is 0 Å². The molecule has 0 rings (SSSR count). The largest absolute Gasteiger partial charge is 0.472 e. The van der Waals surface area contributed by atoms with E-state index in [1.807, 2.05) is 0 Å². The SMILES string of the molecule is CC/C=C\C/C=C\C/C=C\C/C=C\C/C=C\CCCCCCOCC(COP(=O)(O)OCCN)OC(=O)CCCCCCCCCCCCCCCCCCCCCC. The summed E-state index contributed by atoms with van der Waals surface area (Å²) in [5, 5.41) is 0. The summed E-state index contributed by atoms with van der Waals surface area (Å²) in [5.41, 5.74) is 5.38. The molecule has 0 fully saturated rings. The Labute approximate surface area is 363 Å². The Kier molecular flexibility index (Phi) is 45.8. The summed E-state index contributed by atoms with van der Waals surface area (Å²) in [7, 11) is -4.29. The van der Waals surface area contributed by atoms with E-state index in [0.29, 0.717) is 13.0 Å². The highest BCUT2D eigenvalue weighted by molar-refractivity contribution is 7.47. The first-order valence-electron chi connectivity index (χ1n) is 24.3. The van der Waals surface area contributed by atoms with Crippen LogP contribution in [0.15, 0.2) is 60.8 Å². The van der Waals surface area contributed by atoms with Crippen LogP contribution in [0, 0.1) is 0 Å². The minimum atomic E-state index is -4.29. The molecule has 0 aromatic rings. The van der Waals surface area contributed by atoms with E-state index in [9.17, 15) is 14.3 Å². The normalized spacial score (nSPS) is 13.9. The second-order valence-electron chi connectivity index (χ2n) is 16.0. The molecule has 0 radical (unpaired) electrons. The minimum Gasteiger partial charge on any atom is -0.457 e. The predicted octanol–water partition coefficient (Wildman–Crippen LogP) is 14.9. The van der Waals surface area contributed by atoms with E-state index in [4.69, 9.17) is 24.3 Å². The van der Waals surface area contributed by atoms with Crippen molar-refractivity contribution in [1.82, 2.24) is 0 Å². The number of esters is 1. The van der Waals surface area contributed by atoms with Gasteiger partial charge in [0.25, 0.3) is 0 Å². The van der Waals surface area contributed by atoms with Crippen molar-refractivity contribution in [2.75, 3.05) is 33.0 Å². The van der Waals surface area contributed by atoms with Crippen molar-refractivity contribution in [2.24, 2.45) is 5.73 Å². The Hall–Kier alpha value is -1.80. The number of nitrogens with two attached hydrogens (primary N) is 1. The van der Waals surface area contributed by atoms with Crippen molar-refractivity contribution < 1.29 is 32.8 Å². The zero-order valence-corrected chi connectivity index (χ0v) is 39.1. The van der Waals surface area contributed by atoms with Crippen molar-refractivity contribution in [3.63, 3.8) is 0 Å². The van der Waals surface area contributed by atoms with Crippen LogP contribution in [0.2, 0.25) is 0 Å². The monoisotopic (exact) mass is 850 g/mol. The number of ether oxygens (including phenoxy) is 2. The van der Waals surface area contributed by atoms with Crippen molar-refractivity contribution in [3.05, 3.63) is 60.8 Å². The first-order chi connectivity index (χ1) is 28.9. The topological polar surface area (TPSA) is 117 Å². The van der Waals surface area contributed by atoms with E-state index in [2.05, 4.69) is 74.6 Å². The second-order valence-corrected chi connectivity index (χ2v) is 17.4. The van der Waals surface area contributed by atoms with E-state index in [1.165, 1.54) is 109 Å². The summed E-state index contributed by atoms with van der Waals surface area (Å²) in [6.07, 6.45) is 58.2. The Morgan fingerprint density at radius 1 is 0.525 bits per heavy atom. The highest BCUT2D eigenvalue weighted by Gasteiger charge is 2.25. The quantitative estimate of drug-likeness (QED) is 0.0269. The summed E-state index contributed by atoms with van der Waals surface area (Å²) in [4.78, 5) is 22.6. The Morgan fingerprint density at radius 2 is 0.949 bits per heavy atom. The first kappa shape index (κ1) is 57.2. The lowest BCUT2D eigenvalue weighted by atomic mass is 10.0. The maximum absolute atomic E-state index is 12.6. The van der Waals surface area contributed by atoms with Crippen LogP contribution in [-0.4, -0.2) is 49.9 Å². The molecule has 0 bridgehead atoms. The third kappa shape index (κ3) is 47.1. The van der Waals surface area contributed by atoms with E-state index < -0.39 is 13.9 Å². The molecule has 0 spiro atoms. The summed E-state index contributed by atoms with van der Waals surface area (Å²) >= 11 is 0. The van der Waals surface area contributed by atoms with Crippen molar-refractivity contribution in [2.45, 2.75) is 219 Å². The van der Waals surface area contributed by atoms with Crippen LogP contribution in [0.5, 0.6) is 0 Å². The Morgan fingerprint density at radius 3 is 1.42 bits per heavy atom. The molecule has 3 N–H and O–H groups in total. The second kappa shape index (κ2) is 47.3. The zero-order valence-electron chi connectivity index (χ0n) is 38.2. The van der Waals surface area contributed by atoms with Crippen LogP contribution < -0.4 is 5.73 Å². The number of hydrogen-bond acceptors (Lipinski definition) is 7. The standard InChI is InChI=1S/C50H92NO7P/c1-3-5-7-9-11-13-15-17-19-21-23-25-27-29-31-33-35-37-39-41-43-50(52)58-49(48-57-59(53,54)56-46-44-51)47-55-45-42-40-38-36-34-32-30-28-26-24-22-20-18-16-14-12-10-8-6-4-2/h6,8,12,14,18,20,24,26,30,32,49H,3-5,7,9-11,13,15-17,19,21-23,25,27-29,31,33-48,51H2,1-2H3,(H,53,54)/b8-6-,14-12-,20-18-,26-24-,32-30-. The predicted molar refractivity (Wildman–Crippen MR) is 252 cm³/mol. The molecule has 2 atom stereocenters. The highest BCUT2D eigenvalue weighted by atomic mass is 31.2. The Balaban J connectivity index is 4.02. The van der Waals surface area contributed by atoms with Gasteiger partial charge < -0.3 is 20.1 Å². The molecule has 0 heterocycles. The van der Waals surface area contributed by atoms with Gasteiger partial charge in [-0.15, -0.1) is 0 Å². The Bertz CT molecular complexity index is 1090. The molecule has 59 heavy (non-hydrogen) atoms. The van der Waals surface area contributed by atoms with Gasteiger partial charge in [-0.2, -0.15) is 0 Å². The van der Waals surface area contributed by atoms with Gasteiger partial charge in [-0.05, 0) is 57.8 Å². The molecule has 0 aliphatic carbocycles. The third-order valence-corrected chi connectivity index (χ3v) is 11.2. The molecular formula is C50H92NO7P. The number of allylic oxidation sites excluding steroid dienone is 10. The van der Waals surface area contributed by atoms with Gasteiger partial charge in [-0.1, -0.05) is 209 Å². The van der Waals surface area contributed by atoms with Gasteiger partial charge in [0, 0.05) is 19.6 Å². The molecular weight excluding hydrogens is 758 g/mol. The van der Waals surface area contributed by atoms with Gasteiger partial charge in [0.2, 0.25) is 0 Å². The van der Waals surface area contributed by atoms with Crippen LogP contribution in [0.3, 0.4) is 0 Å². The smallest absolute Gasteiger partial charge is 0.457 e. The molecule has 9 heteroatoms. The molecule has 0 aromatic carbocycles. The maximum Gasteiger partial charge on any atom is 0.472 e. The van der Waals surface area contributed by atoms with Crippen LogP contribution in [0.4, 0.5) is 0 Å². The number of hydrogen-bond donors (Lipinski definition) is 2. The van der Waals surface area contributed by atoms with Crippen molar-refractivity contribution in [3.8, 4) is 0 Å². The lowest BCUT2D eigenvalue weighted by Gasteiger charge is -2.20.